The smallest absolute Gasteiger partial charge is 0.115 e. The molecule has 3 nitrogen and oxygen atoms in total. The van der Waals surface area contributed by atoms with Crippen LogP contribution in [0.2, 0.25) is 0 Å². The number of benzene rings is 1. The zero-order chi connectivity index (χ0) is 24.5. The summed E-state index contributed by atoms with van der Waals surface area (Å²) in [4.78, 5) is 0. The minimum absolute atomic E-state index is 0.0862. The first-order valence-corrected chi connectivity index (χ1v) is 15.2. The largest absolute Gasteiger partial charge is 0.508 e. The zero-order valence-electron chi connectivity index (χ0n) is 22.2. The number of phenols is 1. The van der Waals surface area contributed by atoms with E-state index in [9.17, 15) is 5.11 Å². The lowest BCUT2D eigenvalue weighted by molar-refractivity contribution is -0.310. The summed E-state index contributed by atoms with van der Waals surface area (Å²) in [6, 6.07) is 6.12. The molecule has 6 fully saturated rings. The van der Waals surface area contributed by atoms with E-state index >= 15 is 0 Å². The molecule has 4 saturated carbocycles. The molecular weight excluding hydrogens is 442 g/mol. The molecule has 0 unspecified atom stereocenters. The molecule has 7 aliphatic rings. The van der Waals surface area contributed by atoms with Crippen LogP contribution >= 0.6 is 0 Å². The number of nitrogens with two attached hydrogens (primary N) is 1. The molecule has 0 amide bonds. The normalized spacial score (nSPS) is 43.3. The van der Waals surface area contributed by atoms with E-state index < -0.39 is 0 Å². The Labute approximate surface area is 217 Å². The number of phenolic OH excluding ortho intramolecular Hbond substituents is 1. The first-order chi connectivity index (χ1) is 17.4. The molecule has 1 aromatic carbocycles. The molecule has 3 N–H and O–H groups in total. The van der Waals surface area contributed by atoms with E-state index in [2.05, 4.69) is 24.8 Å². The maximum absolute atomic E-state index is 10.3. The second-order valence-electron chi connectivity index (χ2n) is 14.0. The van der Waals surface area contributed by atoms with Gasteiger partial charge in [-0.2, -0.15) is 0 Å². The van der Waals surface area contributed by atoms with Gasteiger partial charge in [-0.05, 0) is 118 Å². The van der Waals surface area contributed by atoms with E-state index in [0.717, 1.165) is 12.8 Å². The predicted molar refractivity (Wildman–Crippen MR) is 143 cm³/mol. The van der Waals surface area contributed by atoms with Crippen LogP contribution in [-0.4, -0.2) is 22.4 Å². The highest BCUT2D eigenvalue weighted by Crippen LogP contribution is 2.64. The van der Waals surface area contributed by atoms with Crippen molar-refractivity contribution in [2.24, 2.45) is 40.7 Å². The molecule has 4 bridgehead atoms. The predicted octanol–water partition coefficient (Wildman–Crippen LogP) is 6.54. The van der Waals surface area contributed by atoms with Crippen LogP contribution < -0.4 is 5.73 Å². The molecular formula is C33H45NO2. The van der Waals surface area contributed by atoms with E-state index in [1.807, 2.05) is 12.1 Å². The van der Waals surface area contributed by atoms with Gasteiger partial charge in [0.05, 0.1) is 17.1 Å². The topological polar surface area (TPSA) is 55.5 Å². The lowest BCUT2D eigenvalue weighted by atomic mass is 9.50. The Morgan fingerprint density at radius 3 is 2.58 bits per heavy atom. The van der Waals surface area contributed by atoms with E-state index in [-0.39, 0.29) is 23.2 Å². The Bertz CT molecular complexity index is 1070. The van der Waals surface area contributed by atoms with E-state index in [1.165, 1.54) is 88.2 Å². The minimum Gasteiger partial charge on any atom is -0.508 e. The van der Waals surface area contributed by atoms with Crippen molar-refractivity contribution >= 4 is 0 Å². The highest BCUT2D eigenvalue weighted by Gasteiger charge is 2.66. The summed E-state index contributed by atoms with van der Waals surface area (Å²) in [5.74, 6) is 10.2. The van der Waals surface area contributed by atoms with Crippen LogP contribution in [0.5, 0.6) is 5.75 Å². The quantitative estimate of drug-likeness (QED) is 0.442. The van der Waals surface area contributed by atoms with Crippen LogP contribution in [0.3, 0.4) is 0 Å². The van der Waals surface area contributed by atoms with Crippen molar-refractivity contribution in [1.82, 2.24) is 0 Å². The SMILES string of the molecule is C[C@]1(C2CCCC2)O[C@@]23CC[C@@H]1[C@H](N)[C@H]2C#CCc1cc(O)ccc1C[C@@H]1C[C@H]3CC2(CCCC2)C1. The van der Waals surface area contributed by atoms with Gasteiger partial charge in [-0.1, -0.05) is 43.6 Å². The third kappa shape index (κ3) is 3.54. The Morgan fingerprint density at radius 1 is 0.972 bits per heavy atom. The van der Waals surface area contributed by atoms with Crippen molar-refractivity contribution in [1.29, 1.82) is 0 Å². The van der Waals surface area contributed by atoms with Gasteiger partial charge < -0.3 is 15.6 Å². The average Bonchev–Trinajstić information content (AvgIpc) is 3.55. The third-order valence-electron chi connectivity index (χ3n) is 12.1. The first-order valence-electron chi connectivity index (χ1n) is 15.2. The van der Waals surface area contributed by atoms with E-state index in [1.54, 1.807) is 0 Å². The molecule has 2 saturated heterocycles. The zero-order valence-corrected chi connectivity index (χ0v) is 22.2. The molecule has 2 spiro atoms. The highest BCUT2D eigenvalue weighted by atomic mass is 16.5. The van der Waals surface area contributed by atoms with Gasteiger partial charge >= 0.3 is 0 Å². The van der Waals surface area contributed by atoms with Crippen LogP contribution in [0.15, 0.2) is 18.2 Å². The molecule has 0 aromatic heterocycles. The molecule has 3 heteroatoms. The van der Waals surface area contributed by atoms with Gasteiger partial charge in [0, 0.05) is 18.4 Å². The third-order valence-corrected chi connectivity index (χ3v) is 12.1. The van der Waals surface area contributed by atoms with Gasteiger partial charge in [0.15, 0.2) is 0 Å². The summed E-state index contributed by atoms with van der Waals surface area (Å²) in [6.07, 6.45) is 19.0. The lowest BCUT2D eigenvalue weighted by Gasteiger charge is -2.66. The van der Waals surface area contributed by atoms with Crippen molar-refractivity contribution < 1.29 is 9.84 Å². The Hall–Kier alpha value is -1.50. The second kappa shape index (κ2) is 8.51. The molecule has 5 aliphatic carbocycles. The second-order valence-corrected chi connectivity index (χ2v) is 14.0. The van der Waals surface area contributed by atoms with E-state index in [0.29, 0.717) is 41.3 Å². The number of aromatic hydroxyl groups is 1. The van der Waals surface area contributed by atoms with E-state index in [4.69, 9.17) is 10.5 Å². The Balaban J connectivity index is 1.35. The van der Waals surface area contributed by atoms with Crippen LogP contribution in [-0.2, 0) is 17.6 Å². The fourth-order valence-corrected chi connectivity index (χ4v) is 10.6. The number of rotatable bonds is 1. The van der Waals surface area contributed by atoms with Crippen LogP contribution in [0.25, 0.3) is 0 Å². The summed E-state index contributed by atoms with van der Waals surface area (Å²) >= 11 is 0. The maximum atomic E-state index is 10.3. The van der Waals surface area contributed by atoms with Crippen molar-refractivity contribution in [3.63, 3.8) is 0 Å². The van der Waals surface area contributed by atoms with Crippen molar-refractivity contribution in [2.45, 2.75) is 120 Å². The lowest BCUT2D eigenvalue weighted by Crippen LogP contribution is -2.73. The molecule has 194 valence electrons. The highest BCUT2D eigenvalue weighted by molar-refractivity contribution is 5.38. The molecule has 2 heterocycles. The first kappa shape index (κ1) is 23.6. The molecule has 0 radical (unpaired) electrons. The molecule has 36 heavy (non-hydrogen) atoms. The van der Waals surface area contributed by atoms with Crippen LogP contribution in [0.4, 0.5) is 0 Å². The Kier molecular flexibility index (Phi) is 5.58. The monoisotopic (exact) mass is 487 g/mol. The van der Waals surface area contributed by atoms with Crippen LogP contribution in [0.1, 0.15) is 102 Å². The molecule has 8 rings (SSSR count). The van der Waals surface area contributed by atoms with Crippen molar-refractivity contribution in [3.05, 3.63) is 29.3 Å². The fourth-order valence-electron chi connectivity index (χ4n) is 10.6. The van der Waals surface area contributed by atoms with Gasteiger partial charge in [-0.25, -0.2) is 0 Å². The number of hydrogen-bond donors (Lipinski definition) is 2. The summed E-state index contributed by atoms with van der Waals surface area (Å²) in [7, 11) is 0. The summed E-state index contributed by atoms with van der Waals surface area (Å²) in [5, 5.41) is 10.3. The molecule has 7 atom stereocenters. The van der Waals surface area contributed by atoms with Gasteiger partial charge in [0.1, 0.15) is 5.75 Å². The number of fused-ring (bicyclic) bond motifs is 5. The summed E-state index contributed by atoms with van der Waals surface area (Å²) in [6.45, 7) is 2.45. The Morgan fingerprint density at radius 2 is 1.78 bits per heavy atom. The van der Waals surface area contributed by atoms with Gasteiger partial charge in [0.2, 0.25) is 0 Å². The molecule has 2 aliphatic heterocycles. The standard InChI is InChI=1S/C33H45NO2/c1-31(25-8-2-3-9-25)28-13-16-33(36-31)26-18-22(20-32(21-26)14-4-5-15-32)17-24-11-12-27(35)19-23(24)7-6-10-29(33)30(28)34/h11-12,19,22,25-26,28-30,35H,2-5,7-9,13-18,20-21,34H2,1H3/t22-,26+,28-,29-,30+,31-,33-/m1/s1. The van der Waals surface area contributed by atoms with Gasteiger partial charge in [-0.15, -0.1) is 0 Å². The van der Waals surface area contributed by atoms with Crippen molar-refractivity contribution in [2.75, 3.05) is 0 Å². The fraction of sp³-hybridized carbons (Fsp3) is 0.758. The minimum atomic E-state index is -0.189. The molecule has 1 aromatic rings. The van der Waals surface area contributed by atoms with Gasteiger partial charge in [-0.3, -0.25) is 0 Å². The maximum Gasteiger partial charge on any atom is 0.115 e. The summed E-state index contributed by atoms with van der Waals surface area (Å²) in [5.41, 5.74) is 10.1. The van der Waals surface area contributed by atoms with Crippen molar-refractivity contribution in [3.8, 4) is 17.6 Å². The van der Waals surface area contributed by atoms with Crippen LogP contribution in [0, 0.1) is 46.8 Å². The average molecular weight is 488 g/mol. The number of ether oxygens (including phenoxy) is 1. The summed E-state index contributed by atoms with van der Waals surface area (Å²) < 4.78 is 7.65. The van der Waals surface area contributed by atoms with Gasteiger partial charge in [0.25, 0.3) is 0 Å². The number of hydrogen-bond acceptors (Lipinski definition) is 3.